The van der Waals surface area contributed by atoms with Crippen LogP contribution in [0.1, 0.15) is 63.7 Å². The van der Waals surface area contributed by atoms with Gasteiger partial charge in [-0.3, -0.25) is 19.0 Å². The number of nitrogens with one attached hydrogen (secondary N) is 2. The fourth-order valence-electron chi connectivity index (χ4n) is 5.94. The van der Waals surface area contributed by atoms with Gasteiger partial charge in [-0.1, -0.05) is 74.5 Å². The van der Waals surface area contributed by atoms with Gasteiger partial charge in [0, 0.05) is 33.2 Å². The fourth-order valence-corrected chi connectivity index (χ4v) is 7.28. The molecule has 0 radical (unpaired) electrons. The van der Waals surface area contributed by atoms with Crippen LogP contribution >= 0.6 is 0 Å². The number of esters is 3. The Morgan fingerprint density at radius 1 is 0.882 bits per heavy atom. The first-order valence-electron chi connectivity index (χ1n) is 16.5. The largest absolute Gasteiger partial charge is 0.463 e. The van der Waals surface area contributed by atoms with E-state index in [4.69, 9.17) is 18.9 Å². The number of fused-ring (bicyclic) bond motifs is 1. The summed E-state index contributed by atoms with van der Waals surface area (Å²) in [5.41, 5.74) is 2.67. The van der Waals surface area contributed by atoms with E-state index in [9.17, 15) is 22.8 Å². The van der Waals surface area contributed by atoms with Gasteiger partial charge in [-0.05, 0) is 17.0 Å². The van der Waals surface area contributed by atoms with E-state index in [0.29, 0.717) is 17.9 Å². The van der Waals surface area contributed by atoms with Crippen molar-refractivity contribution in [3.8, 4) is 0 Å². The fraction of sp³-hybridized carbons (Fsp3) is 0.429. The van der Waals surface area contributed by atoms with Crippen LogP contribution in [0.4, 0.5) is 5.82 Å². The molecule has 4 unspecified atom stereocenters. The number of carbonyl (C=O) groups excluding carboxylic acids is 3. The molecule has 4 atom stereocenters. The van der Waals surface area contributed by atoms with Gasteiger partial charge >= 0.3 is 17.9 Å². The summed E-state index contributed by atoms with van der Waals surface area (Å²) < 4.78 is 52.2. The summed E-state index contributed by atoms with van der Waals surface area (Å²) in [6, 6.07) is 19.9. The third-order valence-electron chi connectivity index (χ3n) is 7.96. The molecule has 3 heterocycles. The van der Waals surface area contributed by atoms with Crippen molar-refractivity contribution >= 4 is 44.9 Å². The van der Waals surface area contributed by atoms with Gasteiger partial charge in [0.15, 0.2) is 35.4 Å². The van der Waals surface area contributed by atoms with Gasteiger partial charge in [0.05, 0.1) is 18.6 Å². The second-order valence-electron chi connectivity index (χ2n) is 12.6. The van der Waals surface area contributed by atoms with E-state index >= 15 is 0 Å². The molecule has 15 nitrogen and oxygen atoms in total. The molecule has 2 N–H and O–H groups in total. The van der Waals surface area contributed by atoms with Crippen molar-refractivity contribution in [3.05, 3.63) is 83.9 Å². The van der Waals surface area contributed by atoms with E-state index in [2.05, 4.69) is 25.0 Å². The molecule has 0 spiro atoms. The lowest BCUT2D eigenvalue weighted by molar-refractivity contribution is -0.166. The normalized spacial score (nSPS) is 19.0. The summed E-state index contributed by atoms with van der Waals surface area (Å²) in [5.74, 6) is -1.76. The van der Waals surface area contributed by atoms with Crippen LogP contribution in [0, 0.1) is 5.92 Å². The molecule has 5 rings (SSSR count). The second-order valence-corrected chi connectivity index (χ2v) is 14.4. The first kappa shape index (κ1) is 37.3. The van der Waals surface area contributed by atoms with E-state index in [0.717, 1.165) is 11.1 Å². The summed E-state index contributed by atoms with van der Waals surface area (Å²) >= 11 is 0. The highest BCUT2D eigenvalue weighted by Gasteiger charge is 2.51. The maximum Gasteiger partial charge on any atom is 0.303 e. The number of hydrogen-bond acceptors (Lipinski definition) is 13. The molecule has 272 valence electrons. The first-order chi connectivity index (χ1) is 24.3. The predicted octanol–water partition coefficient (Wildman–Crippen LogP) is 3.47. The second kappa shape index (κ2) is 16.4. The third-order valence-corrected chi connectivity index (χ3v) is 9.65. The van der Waals surface area contributed by atoms with Crippen LogP contribution in [0.15, 0.2) is 67.0 Å². The van der Waals surface area contributed by atoms with E-state index < -0.39 is 52.5 Å². The van der Waals surface area contributed by atoms with Gasteiger partial charge in [-0.25, -0.2) is 28.1 Å². The Kier molecular flexibility index (Phi) is 12.0. The van der Waals surface area contributed by atoms with E-state index in [1.807, 2.05) is 60.7 Å². The number of nitrogens with zero attached hydrogens (tertiary/aromatic N) is 4. The molecular weight excluding hydrogens is 680 g/mol. The standard InChI is InChI=1S/C35H42N6O9S/c1-21(2)19-51(45,46)38-17-29-39-33(36-16-27(25-12-8-6-9-13-25)26-14-10-7-11-15-26)30-34(40-29)41(20-37-30)35-32(49-24(5)44)31(48-23(4)43)28(50-35)18-47-22(3)42/h6-15,20-21,27-28,31-32,35,38H,16-19H2,1-5H3,(H,36,39,40). The van der Waals surface area contributed by atoms with Crippen LogP contribution in [0.2, 0.25) is 0 Å². The quantitative estimate of drug-likeness (QED) is 0.134. The van der Waals surface area contributed by atoms with Crippen LogP contribution in [-0.2, 0) is 49.9 Å². The molecule has 2 aromatic carbocycles. The minimum atomic E-state index is -3.66. The molecule has 51 heavy (non-hydrogen) atoms. The Morgan fingerprint density at radius 2 is 1.49 bits per heavy atom. The monoisotopic (exact) mass is 722 g/mol. The lowest BCUT2D eigenvalue weighted by atomic mass is 9.91. The Balaban J connectivity index is 1.57. The Morgan fingerprint density at radius 3 is 2.06 bits per heavy atom. The van der Waals surface area contributed by atoms with Crippen LogP contribution in [0.25, 0.3) is 11.2 Å². The number of anilines is 1. The van der Waals surface area contributed by atoms with Crippen molar-refractivity contribution in [1.82, 2.24) is 24.2 Å². The minimum absolute atomic E-state index is 0.0879. The number of carbonyl (C=O) groups is 3. The number of hydrogen-bond donors (Lipinski definition) is 2. The highest BCUT2D eigenvalue weighted by molar-refractivity contribution is 7.89. The molecule has 0 saturated carbocycles. The van der Waals surface area contributed by atoms with Gasteiger partial charge < -0.3 is 24.3 Å². The van der Waals surface area contributed by atoms with Gasteiger partial charge in [-0.2, -0.15) is 0 Å². The average Bonchev–Trinajstić information content (AvgIpc) is 3.63. The number of ether oxygens (including phenoxy) is 4. The zero-order valence-electron chi connectivity index (χ0n) is 29.0. The molecule has 1 aliphatic rings. The Bertz CT molecular complexity index is 1900. The van der Waals surface area contributed by atoms with Crippen LogP contribution in [0.3, 0.4) is 0 Å². The van der Waals surface area contributed by atoms with Gasteiger partial charge in [0.25, 0.3) is 0 Å². The van der Waals surface area contributed by atoms with Crippen molar-refractivity contribution in [2.75, 3.05) is 24.2 Å². The van der Waals surface area contributed by atoms with Crippen molar-refractivity contribution in [2.24, 2.45) is 5.92 Å². The third kappa shape index (κ3) is 9.65. The summed E-state index contributed by atoms with van der Waals surface area (Å²) in [6.45, 7) is 7.10. The van der Waals surface area contributed by atoms with E-state index in [1.54, 1.807) is 13.8 Å². The number of benzene rings is 2. The number of rotatable bonds is 15. The zero-order valence-corrected chi connectivity index (χ0v) is 29.8. The molecule has 0 bridgehead atoms. The maximum absolute atomic E-state index is 12.8. The van der Waals surface area contributed by atoms with Crippen molar-refractivity contribution < 1.29 is 41.7 Å². The van der Waals surface area contributed by atoms with Crippen molar-refractivity contribution in [3.63, 3.8) is 0 Å². The highest BCUT2D eigenvalue weighted by Crippen LogP contribution is 2.37. The number of aromatic nitrogens is 4. The van der Waals surface area contributed by atoms with Crippen LogP contribution in [-0.4, -0.2) is 83.1 Å². The zero-order chi connectivity index (χ0) is 36.7. The van der Waals surface area contributed by atoms with Crippen molar-refractivity contribution in [1.29, 1.82) is 0 Å². The molecule has 1 saturated heterocycles. The summed E-state index contributed by atoms with van der Waals surface area (Å²) in [7, 11) is -3.66. The average molecular weight is 723 g/mol. The van der Waals surface area contributed by atoms with Gasteiger partial charge in [0.1, 0.15) is 18.5 Å². The van der Waals surface area contributed by atoms with Crippen molar-refractivity contribution in [2.45, 2.75) is 71.6 Å². The van der Waals surface area contributed by atoms with Crippen LogP contribution in [0.5, 0.6) is 0 Å². The molecule has 2 aromatic heterocycles. The molecule has 16 heteroatoms. The lowest BCUT2D eigenvalue weighted by Crippen LogP contribution is -2.40. The molecule has 1 aliphatic heterocycles. The Labute approximate surface area is 296 Å². The maximum atomic E-state index is 12.8. The number of imidazole rings is 1. The van der Waals surface area contributed by atoms with E-state index in [1.165, 1.54) is 31.7 Å². The van der Waals surface area contributed by atoms with E-state index in [-0.39, 0.29) is 42.2 Å². The van der Waals surface area contributed by atoms with Gasteiger partial charge in [0.2, 0.25) is 10.0 Å². The molecule has 1 fully saturated rings. The Hall–Kier alpha value is -4.93. The van der Waals surface area contributed by atoms with Crippen LogP contribution < -0.4 is 10.0 Å². The first-order valence-corrected chi connectivity index (χ1v) is 18.1. The SMILES string of the molecule is CC(=O)OCC1OC(n2cnc3c(NCC(c4ccccc4)c4ccccc4)nc(CNS(=O)(=O)CC(C)C)nc32)C(OC(C)=O)C1OC(C)=O. The van der Waals surface area contributed by atoms with Gasteiger partial charge in [-0.15, -0.1) is 0 Å². The molecule has 4 aromatic rings. The molecule has 0 amide bonds. The summed E-state index contributed by atoms with van der Waals surface area (Å²) in [5, 5.41) is 3.42. The number of sulfonamides is 1. The lowest BCUT2D eigenvalue weighted by Gasteiger charge is -2.24. The molecular formula is C35H42N6O9S. The minimum Gasteiger partial charge on any atom is -0.463 e. The predicted molar refractivity (Wildman–Crippen MR) is 186 cm³/mol. The molecule has 0 aliphatic carbocycles. The highest BCUT2D eigenvalue weighted by atomic mass is 32.2. The summed E-state index contributed by atoms with van der Waals surface area (Å²) in [6.07, 6.45) is -3.07. The smallest absolute Gasteiger partial charge is 0.303 e. The topological polar surface area (TPSA) is 190 Å². The summed E-state index contributed by atoms with van der Waals surface area (Å²) in [4.78, 5) is 50.1.